The zero-order chi connectivity index (χ0) is 18.2. The molecule has 0 spiro atoms. The highest BCUT2D eigenvalue weighted by Crippen LogP contribution is 2.56. The molecule has 1 aromatic rings. The fourth-order valence-electron chi connectivity index (χ4n) is 5.09. The lowest BCUT2D eigenvalue weighted by atomic mass is 9.62. The molecule has 1 unspecified atom stereocenters. The number of hydrogen-bond acceptors (Lipinski definition) is 3. The predicted octanol–water partition coefficient (Wildman–Crippen LogP) is 4.78. The van der Waals surface area contributed by atoms with E-state index >= 15 is 0 Å². The second-order valence-electron chi connectivity index (χ2n) is 9.27. The number of anilines is 1. The summed E-state index contributed by atoms with van der Waals surface area (Å²) in [5.41, 5.74) is 7.95. The molecule has 4 atom stereocenters. The van der Waals surface area contributed by atoms with E-state index in [2.05, 4.69) is 33.8 Å². The van der Waals surface area contributed by atoms with E-state index in [4.69, 9.17) is 10.5 Å². The molecule has 2 saturated carbocycles. The van der Waals surface area contributed by atoms with Crippen molar-refractivity contribution in [2.45, 2.75) is 77.9 Å². The van der Waals surface area contributed by atoms with Gasteiger partial charge in [-0.3, -0.25) is 4.79 Å². The lowest BCUT2D eigenvalue weighted by Gasteiger charge is -2.45. The van der Waals surface area contributed by atoms with E-state index in [1.165, 1.54) is 5.56 Å². The normalized spacial score (nSPS) is 32.6. The van der Waals surface area contributed by atoms with Crippen molar-refractivity contribution in [2.24, 2.45) is 17.3 Å². The average molecular weight is 344 g/mol. The molecule has 0 bridgehead atoms. The van der Waals surface area contributed by atoms with E-state index in [-0.39, 0.29) is 23.0 Å². The van der Waals surface area contributed by atoms with Crippen LogP contribution in [0.4, 0.5) is 5.69 Å². The maximum absolute atomic E-state index is 12.7. The van der Waals surface area contributed by atoms with Crippen molar-refractivity contribution < 1.29 is 9.53 Å². The average Bonchev–Trinajstić information content (AvgIpc) is 2.82. The molecule has 1 aromatic carbocycles. The second kappa shape index (κ2) is 6.75. The first kappa shape index (κ1) is 18.4. The summed E-state index contributed by atoms with van der Waals surface area (Å²) in [6.45, 7) is 8.76. The molecule has 3 nitrogen and oxygen atoms in total. The molecule has 25 heavy (non-hydrogen) atoms. The first-order valence-electron chi connectivity index (χ1n) is 9.74. The minimum Gasteiger partial charge on any atom is -0.399 e. The molecule has 0 saturated heterocycles. The zero-order valence-electron chi connectivity index (χ0n) is 16.2. The molecule has 2 aliphatic rings. The van der Waals surface area contributed by atoms with E-state index < -0.39 is 0 Å². The van der Waals surface area contributed by atoms with Crippen LogP contribution in [-0.2, 0) is 16.0 Å². The number of carbonyl (C=O) groups excluding carboxylic acids is 1. The van der Waals surface area contributed by atoms with Crippen LogP contribution in [0.15, 0.2) is 24.3 Å². The van der Waals surface area contributed by atoms with Gasteiger partial charge in [-0.25, -0.2) is 0 Å². The molecule has 0 amide bonds. The molecule has 2 aliphatic carbocycles. The number of fused-ring (bicyclic) bond motifs is 1. The highest BCUT2D eigenvalue weighted by atomic mass is 16.5. The van der Waals surface area contributed by atoms with E-state index in [1.54, 1.807) is 0 Å². The van der Waals surface area contributed by atoms with Crippen LogP contribution in [0.5, 0.6) is 0 Å². The van der Waals surface area contributed by atoms with Gasteiger partial charge in [0.1, 0.15) is 5.78 Å². The van der Waals surface area contributed by atoms with Crippen LogP contribution in [0.1, 0.15) is 65.4 Å². The Morgan fingerprint density at radius 3 is 2.72 bits per heavy atom. The summed E-state index contributed by atoms with van der Waals surface area (Å²) in [4.78, 5) is 12.7. The fraction of sp³-hybridized carbons (Fsp3) is 0.682. The van der Waals surface area contributed by atoms with E-state index in [0.29, 0.717) is 18.1 Å². The number of carbonyl (C=O) groups is 1. The van der Waals surface area contributed by atoms with Gasteiger partial charge in [-0.1, -0.05) is 19.1 Å². The van der Waals surface area contributed by atoms with Crippen molar-refractivity contribution in [1.29, 1.82) is 0 Å². The molecule has 2 N–H and O–H groups in total. The monoisotopic (exact) mass is 343 g/mol. The minimum atomic E-state index is -0.124. The van der Waals surface area contributed by atoms with Crippen molar-refractivity contribution in [3.05, 3.63) is 29.8 Å². The van der Waals surface area contributed by atoms with Crippen molar-refractivity contribution >= 4 is 11.5 Å². The second-order valence-corrected chi connectivity index (χ2v) is 9.27. The summed E-state index contributed by atoms with van der Waals surface area (Å²) in [6, 6.07) is 8.06. The summed E-state index contributed by atoms with van der Waals surface area (Å²) in [6.07, 6.45) is 6.03. The van der Waals surface area contributed by atoms with E-state index in [9.17, 15) is 4.79 Å². The molecule has 0 radical (unpaired) electrons. The third-order valence-corrected chi connectivity index (χ3v) is 6.32. The third-order valence-electron chi connectivity index (χ3n) is 6.32. The van der Waals surface area contributed by atoms with Gasteiger partial charge in [-0.2, -0.15) is 0 Å². The molecule has 3 rings (SSSR count). The zero-order valence-corrected chi connectivity index (χ0v) is 16.2. The Hall–Kier alpha value is -1.35. The Morgan fingerprint density at radius 1 is 1.28 bits per heavy atom. The Balaban J connectivity index is 1.73. The van der Waals surface area contributed by atoms with Crippen LogP contribution in [0.2, 0.25) is 0 Å². The third kappa shape index (κ3) is 3.92. The summed E-state index contributed by atoms with van der Waals surface area (Å²) >= 11 is 0. The van der Waals surface area contributed by atoms with E-state index in [1.807, 2.05) is 18.2 Å². The molecule has 0 aromatic heterocycles. The van der Waals surface area contributed by atoms with Crippen molar-refractivity contribution in [2.75, 3.05) is 5.73 Å². The summed E-state index contributed by atoms with van der Waals surface area (Å²) in [5, 5.41) is 0. The quantitative estimate of drug-likeness (QED) is 0.800. The van der Waals surface area contributed by atoms with Gasteiger partial charge in [-0.05, 0) is 81.9 Å². The predicted molar refractivity (Wildman–Crippen MR) is 102 cm³/mol. The number of hydrogen-bond donors (Lipinski definition) is 1. The Morgan fingerprint density at radius 2 is 2.04 bits per heavy atom. The number of aryl methyl sites for hydroxylation is 1. The van der Waals surface area contributed by atoms with Crippen LogP contribution in [0.25, 0.3) is 0 Å². The number of benzene rings is 1. The van der Waals surface area contributed by atoms with Crippen molar-refractivity contribution in [3.63, 3.8) is 0 Å². The summed E-state index contributed by atoms with van der Waals surface area (Å²) in [5.74, 6) is 1.10. The number of nitrogen functional groups attached to an aromatic ring is 1. The number of ether oxygens (including phenoxy) is 1. The topological polar surface area (TPSA) is 52.3 Å². The molecular formula is C22H33NO2. The lowest BCUT2D eigenvalue weighted by Crippen LogP contribution is -2.46. The largest absolute Gasteiger partial charge is 0.399 e. The molecular weight excluding hydrogens is 310 g/mol. The standard InChI is InChI=1S/C22H33NO2/c1-21(2,3)25-20-11-10-18-17(19(24)12-13-22(18,20)4)9-8-15-6-5-7-16(23)14-15/h5-7,14,17-18,20H,8-13,23H2,1-4H3/t17?,18-,20-,22-/m0/s1. The Bertz CT molecular complexity index is 633. The Labute approximate surface area is 152 Å². The smallest absolute Gasteiger partial charge is 0.136 e. The first-order chi connectivity index (χ1) is 11.7. The minimum absolute atomic E-state index is 0.124. The van der Waals surface area contributed by atoms with Crippen LogP contribution < -0.4 is 5.73 Å². The SMILES string of the molecule is CC(C)(C)O[C@H]1CC[C@H]2C(CCc3cccc(N)c3)C(=O)CC[C@]12C. The molecule has 0 heterocycles. The maximum atomic E-state index is 12.7. The maximum Gasteiger partial charge on any atom is 0.136 e. The fourth-order valence-corrected chi connectivity index (χ4v) is 5.09. The molecule has 138 valence electrons. The summed E-state index contributed by atoms with van der Waals surface area (Å²) in [7, 11) is 0. The van der Waals surface area contributed by atoms with Crippen molar-refractivity contribution in [1.82, 2.24) is 0 Å². The van der Waals surface area contributed by atoms with Crippen LogP contribution >= 0.6 is 0 Å². The number of Topliss-reactive ketones (excluding diaryl/α,β-unsaturated/α-hetero) is 1. The van der Waals surface area contributed by atoms with Gasteiger partial charge in [0.2, 0.25) is 0 Å². The molecule has 2 fully saturated rings. The van der Waals surface area contributed by atoms with E-state index in [0.717, 1.165) is 37.8 Å². The highest BCUT2D eigenvalue weighted by molar-refractivity contribution is 5.82. The molecule has 3 heteroatoms. The van der Waals surface area contributed by atoms with Crippen LogP contribution in [0.3, 0.4) is 0 Å². The number of ketones is 1. The van der Waals surface area contributed by atoms with Crippen molar-refractivity contribution in [3.8, 4) is 0 Å². The van der Waals surface area contributed by atoms with Gasteiger partial charge in [0.15, 0.2) is 0 Å². The summed E-state index contributed by atoms with van der Waals surface area (Å²) < 4.78 is 6.41. The van der Waals surface area contributed by atoms with Gasteiger partial charge < -0.3 is 10.5 Å². The van der Waals surface area contributed by atoms with Gasteiger partial charge in [0.25, 0.3) is 0 Å². The lowest BCUT2D eigenvalue weighted by molar-refractivity contribution is -0.143. The number of rotatable bonds is 4. The van der Waals surface area contributed by atoms with Gasteiger partial charge in [-0.15, -0.1) is 0 Å². The number of nitrogens with two attached hydrogens (primary N) is 1. The molecule has 0 aliphatic heterocycles. The first-order valence-corrected chi connectivity index (χ1v) is 9.74. The van der Waals surface area contributed by atoms with Crippen LogP contribution in [0, 0.1) is 17.3 Å². The van der Waals surface area contributed by atoms with Gasteiger partial charge in [0.05, 0.1) is 11.7 Å². The van der Waals surface area contributed by atoms with Gasteiger partial charge in [0, 0.05) is 18.0 Å². The van der Waals surface area contributed by atoms with Gasteiger partial charge >= 0.3 is 0 Å². The Kier molecular flexibility index (Phi) is 4.98. The highest BCUT2D eigenvalue weighted by Gasteiger charge is 2.54. The van der Waals surface area contributed by atoms with Crippen LogP contribution in [-0.4, -0.2) is 17.5 Å².